The highest BCUT2D eigenvalue weighted by atomic mass is 16.5. The first-order valence-electron chi connectivity index (χ1n) is 12.1. The van der Waals surface area contributed by atoms with Gasteiger partial charge in [-0.25, -0.2) is 0 Å². The molecule has 1 saturated heterocycles. The van der Waals surface area contributed by atoms with E-state index in [0.717, 1.165) is 60.3 Å². The number of fused-ring (bicyclic) bond motifs is 2. The fourth-order valence-electron chi connectivity index (χ4n) is 5.35. The first kappa shape index (κ1) is 22.2. The fraction of sp³-hybridized carbons (Fsp3) is 0.538. The molecule has 7 heteroatoms. The van der Waals surface area contributed by atoms with Crippen LogP contribution in [0.1, 0.15) is 44.9 Å². The third-order valence-electron chi connectivity index (χ3n) is 7.40. The van der Waals surface area contributed by atoms with Gasteiger partial charge in [-0.1, -0.05) is 26.8 Å². The van der Waals surface area contributed by atoms with Gasteiger partial charge in [0.25, 0.3) is 0 Å². The number of nitrogens with one attached hydrogen (secondary N) is 2. The average molecular weight is 450 g/mol. The van der Waals surface area contributed by atoms with Crippen molar-refractivity contribution in [1.29, 1.82) is 0 Å². The van der Waals surface area contributed by atoms with Crippen molar-refractivity contribution in [3.05, 3.63) is 35.5 Å². The Kier molecular flexibility index (Phi) is 5.79. The molecule has 1 aromatic carbocycles. The van der Waals surface area contributed by atoms with Gasteiger partial charge in [0.1, 0.15) is 5.69 Å². The lowest BCUT2D eigenvalue weighted by Gasteiger charge is -2.35. The van der Waals surface area contributed by atoms with E-state index >= 15 is 0 Å². The van der Waals surface area contributed by atoms with E-state index in [1.165, 1.54) is 17.7 Å². The molecule has 33 heavy (non-hydrogen) atoms. The summed E-state index contributed by atoms with van der Waals surface area (Å²) in [5, 5.41) is 9.07. The lowest BCUT2D eigenvalue weighted by molar-refractivity contribution is -0.125. The Balaban J connectivity index is 1.40. The lowest BCUT2D eigenvalue weighted by Crippen LogP contribution is -2.51. The van der Waals surface area contributed by atoms with E-state index < -0.39 is 0 Å². The molecule has 0 saturated carbocycles. The van der Waals surface area contributed by atoms with Crippen LogP contribution in [-0.2, 0) is 22.4 Å². The van der Waals surface area contributed by atoms with Gasteiger partial charge >= 0.3 is 0 Å². The zero-order valence-electron chi connectivity index (χ0n) is 20.2. The Morgan fingerprint density at radius 1 is 1.27 bits per heavy atom. The van der Waals surface area contributed by atoms with Gasteiger partial charge < -0.3 is 14.6 Å². The van der Waals surface area contributed by atoms with Gasteiger partial charge in [0.2, 0.25) is 5.91 Å². The van der Waals surface area contributed by atoms with Crippen LogP contribution >= 0.6 is 0 Å². The van der Waals surface area contributed by atoms with Crippen molar-refractivity contribution in [1.82, 2.24) is 20.1 Å². The second-order valence-electron chi connectivity index (χ2n) is 10.3. The summed E-state index contributed by atoms with van der Waals surface area (Å²) in [5.74, 6) is 0.134. The van der Waals surface area contributed by atoms with Gasteiger partial charge in [-0.3, -0.25) is 14.8 Å². The predicted octanol–water partition coefficient (Wildman–Crippen LogP) is 4.15. The molecule has 0 spiro atoms. The number of hydrogen-bond acceptors (Lipinski definition) is 4. The summed E-state index contributed by atoms with van der Waals surface area (Å²) in [5.41, 5.74) is 6.91. The molecule has 176 valence electrons. The Morgan fingerprint density at radius 3 is 2.82 bits per heavy atom. The Hall–Kier alpha value is -2.64. The quantitative estimate of drug-likeness (QED) is 0.614. The second-order valence-corrected chi connectivity index (χ2v) is 10.3. The number of H-pyrrole nitrogens is 2. The molecule has 2 aliphatic rings. The molecule has 3 aromatic rings. The summed E-state index contributed by atoms with van der Waals surface area (Å²) in [7, 11) is 1.88. The predicted molar refractivity (Wildman–Crippen MR) is 132 cm³/mol. The molecule has 2 aromatic heterocycles. The van der Waals surface area contributed by atoms with Gasteiger partial charge in [0, 0.05) is 48.0 Å². The molecule has 7 nitrogen and oxygen atoms in total. The number of ether oxygens (including phenoxy) is 1. The van der Waals surface area contributed by atoms with E-state index in [2.05, 4.69) is 59.1 Å². The molecule has 1 amide bonds. The summed E-state index contributed by atoms with van der Waals surface area (Å²) < 4.78 is 5.47. The molecule has 3 heterocycles. The molecule has 1 atom stereocenters. The Morgan fingerprint density at radius 2 is 2.06 bits per heavy atom. The van der Waals surface area contributed by atoms with Crippen LogP contribution in [-0.4, -0.2) is 65.4 Å². The maximum atomic E-state index is 13.3. The number of amides is 1. The number of morpholine rings is 1. The van der Waals surface area contributed by atoms with Crippen LogP contribution in [0.4, 0.5) is 5.69 Å². The minimum Gasteiger partial charge on any atom is -0.379 e. The Bertz CT molecular complexity index is 1150. The van der Waals surface area contributed by atoms with Crippen LogP contribution in [0, 0.1) is 5.41 Å². The third kappa shape index (κ3) is 4.20. The highest BCUT2D eigenvalue weighted by Gasteiger charge is 2.30. The fourth-order valence-corrected chi connectivity index (χ4v) is 5.35. The molecule has 1 aliphatic heterocycles. The van der Waals surface area contributed by atoms with Crippen molar-refractivity contribution in [3.63, 3.8) is 0 Å². The number of aromatic nitrogens is 3. The topological polar surface area (TPSA) is 77.2 Å². The zero-order chi connectivity index (χ0) is 23.2. The highest BCUT2D eigenvalue weighted by Crippen LogP contribution is 2.38. The van der Waals surface area contributed by atoms with Crippen LogP contribution in [0.3, 0.4) is 0 Å². The number of rotatable bonds is 5. The number of carbonyl (C=O) groups is 1. The first-order valence-corrected chi connectivity index (χ1v) is 12.1. The van der Waals surface area contributed by atoms with E-state index in [9.17, 15) is 4.79 Å². The van der Waals surface area contributed by atoms with Gasteiger partial charge in [-0.2, -0.15) is 5.10 Å². The standard InChI is InChI=1S/C26H35N5O2/c1-5-23(31-10-12-33-13-11-31)25(32)30(4)18-7-6-17-14-21(27-20(17)15-18)24-19-8-9-26(2,3)16-22(19)28-29-24/h6-7,14-15,23,27H,5,8-13,16H2,1-4H3,(H,28,29)/t23-/m0/s1. The first-order chi connectivity index (χ1) is 15.9. The monoisotopic (exact) mass is 449 g/mol. The normalized spacial score (nSPS) is 19.4. The Labute approximate surface area is 195 Å². The summed E-state index contributed by atoms with van der Waals surface area (Å²) in [6.45, 7) is 9.72. The van der Waals surface area contributed by atoms with Crippen LogP contribution in [0.5, 0.6) is 0 Å². The molecule has 1 fully saturated rings. The SMILES string of the molecule is CC[C@@H](C(=O)N(C)c1ccc2cc(-c3n[nH]c4c3CCC(C)(C)C4)[nH]c2c1)N1CCOCC1. The maximum Gasteiger partial charge on any atom is 0.244 e. The van der Waals surface area contributed by atoms with Crippen molar-refractivity contribution >= 4 is 22.5 Å². The number of aromatic amines is 2. The van der Waals surface area contributed by atoms with E-state index in [-0.39, 0.29) is 11.9 Å². The summed E-state index contributed by atoms with van der Waals surface area (Å²) in [6.07, 6.45) is 4.05. The molecule has 1 aliphatic carbocycles. The minimum absolute atomic E-state index is 0.117. The summed E-state index contributed by atoms with van der Waals surface area (Å²) >= 11 is 0. The highest BCUT2D eigenvalue weighted by molar-refractivity contribution is 5.99. The van der Waals surface area contributed by atoms with Crippen molar-refractivity contribution in [2.75, 3.05) is 38.3 Å². The van der Waals surface area contributed by atoms with Crippen LogP contribution in [0.15, 0.2) is 24.3 Å². The summed E-state index contributed by atoms with van der Waals surface area (Å²) in [4.78, 5) is 20.9. The number of anilines is 1. The molecular weight excluding hydrogens is 414 g/mol. The van der Waals surface area contributed by atoms with E-state index in [0.29, 0.717) is 18.6 Å². The van der Waals surface area contributed by atoms with Gasteiger partial charge in [-0.05, 0) is 49.3 Å². The van der Waals surface area contributed by atoms with Crippen molar-refractivity contribution < 1.29 is 9.53 Å². The lowest BCUT2D eigenvalue weighted by atomic mass is 9.76. The zero-order valence-corrected chi connectivity index (χ0v) is 20.2. The molecule has 0 unspecified atom stereocenters. The number of benzene rings is 1. The van der Waals surface area contributed by atoms with E-state index in [4.69, 9.17) is 4.74 Å². The van der Waals surface area contributed by atoms with Crippen LogP contribution < -0.4 is 4.90 Å². The smallest absolute Gasteiger partial charge is 0.244 e. The van der Waals surface area contributed by atoms with Gasteiger partial charge in [0.05, 0.1) is 24.9 Å². The van der Waals surface area contributed by atoms with Crippen LogP contribution in [0.25, 0.3) is 22.3 Å². The maximum absolute atomic E-state index is 13.3. The molecule has 0 bridgehead atoms. The molecule has 5 rings (SSSR count). The third-order valence-corrected chi connectivity index (χ3v) is 7.40. The van der Waals surface area contributed by atoms with Crippen molar-refractivity contribution in [3.8, 4) is 11.4 Å². The number of nitrogens with zero attached hydrogens (tertiary/aromatic N) is 3. The van der Waals surface area contributed by atoms with Gasteiger partial charge in [-0.15, -0.1) is 0 Å². The number of hydrogen-bond donors (Lipinski definition) is 2. The molecular formula is C26H35N5O2. The second kappa shape index (κ2) is 8.61. The molecule has 0 radical (unpaired) electrons. The number of likely N-dealkylation sites (N-methyl/N-ethyl adjacent to an activating group) is 1. The van der Waals surface area contributed by atoms with E-state index in [1.807, 2.05) is 13.1 Å². The van der Waals surface area contributed by atoms with E-state index in [1.54, 1.807) is 4.90 Å². The largest absolute Gasteiger partial charge is 0.379 e. The van der Waals surface area contributed by atoms with Crippen molar-refractivity contribution in [2.24, 2.45) is 5.41 Å². The van der Waals surface area contributed by atoms with Crippen molar-refractivity contribution in [2.45, 2.75) is 52.5 Å². The summed E-state index contributed by atoms with van der Waals surface area (Å²) in [6, 6.07) is 8.25. The average Bonchev–Trinajstić information content (AvgIpc) is 3.41. The van der Waals surface area contributed by atoms with Crippen LogP contribution in [0.2, 0.25) is 0 Å². The minimum atomic E-state index is -0.117. The molecule has 2 N–H and O–H groups in total. The number of carbonyl (C=O) groups excluding carboxylic acids is 1. The van der Waals surface area contributed by atoms with Gasteiger partial charge in [0.15, 0.2) is 0 Å².